The summed E-state index contributed by atoms with van der Waals surface area (Å²) in [7, 11) is 0. The summed E-state index contributed by atoms with van der Waals surface area (Å²) in [6, 6.07) is 8.01. The molecule has 1 aliphatic rings. The quantitative estimate of drug-likeness (QED) is 0.811. The average molecular weight is 284 g/mol. The molecule has 1 fully saturated rings. The monoisotopic (exact) mass is 284 g/mol. The lowest BCUT2D eigenvalue weighted by atomic mass is 10.0. The van der Waals surface area contributed by atoms with Gasteiger partial charge >= 0.3 is 5.97 Å². The summed E-state index contributed by atoms with van der Waals surface area (Å²) in [6.07, 6.45) is 2.33. The van der Waals surface area contributed by atoms with Crippen LogP contribution in [0.25, 0.3) is 10.9 Å². The Hall–Kier alpha value is -2.10. The minimum Gasteiger partial charge on any atom is -0.462 e. The molecule has 0 aliphatic carbocycles. The molecule has 1 saturated heterocycles. The third-order valence-corrected chi connectivity index (χ3v) is 3.95. The highest BCUT2D eigenvalue weighted by atomic mass is 16.5. The number of pyridine rings is 1. The van der Waals surface area contributed by atoms with Crippen LogP contribution in [0, 0.1) is 6.92 Å². The molecule has 21 heavy (non-hydrogen) atoms. The lowest BCUT2D eigenvalue weighted by Gasteiger charge is -2.23. The minimum absolute atomic E-state index is 0.268. The summed E-state index contributed by atoms with van der Waals surface area (Å²) in [5.41, 5.74) is 3.30. The van der Waals surface area contributed by atoms with Gasteiger partial charge in [-0.25, -0.2) is 4.79 Å². The Kier molecular flexibility index (Phi) is 3.78. The number of carbonyl (C=O) groups is 1. The molecule has 1 aromatic heterocycles. The summed E-state index contributed by atoms with van der Waals surface area (Å²) >= 11 is 0. The van der Waals surface area contributed by atoms with Gasteiger partial charge in [0.2, 0.25) is 0 Å². The Morgan fingerprint density at radius 2 is 2.00 bits per heavy atom. The number of para-hydroxylation sites is 1. The molecule has 0 unspecified atom stereocenters. The Morgan fingerprint density at radius 1 is 1.29 bits per heavy atom. The predicted molar refractivity (Wildman–Crippen MR) is 83.9 cm³/mol. The lowest BCUT2D eigenvalue weighted by molar-refractivity contribution is 0.0526. The van der Waals surface area contributed by atoms with E-state index in [0.29, 0.717) is 12.2 Å². The Labute approximate surface area is 124 Å². The van der Waals surface area contributed by atoms with Gasteiger partial charge in [-0.05, 0) is 32.8 Å². The number of benzene rings is 1. The second-order valence-electron chi connectivity index (χ2n) is 5.35. The molecule has 0 spiro atoms. The number of hydrogen-bond donors (Lipinski definition) is 0. The van der Waals surface area contributed by atoms with E-state index in [9.17, 15) is 4.79 Å². The second kappa shape index (κ2) is 5.72. The third kappa shape index (κ3) is 2.46. The van der Waals surface area contributed by atoms with E-state index in [-0.39, 0.29) is 5.97 Å². The Morgan fingerprint density at radius 3 is 2.71 bits per heavy atom. The van der Waals surface area contributed by atoms with Crippen LogP contribution in [-0.2, 0) is 4.74 Å². The normalized spacial score (nSPS) is 14.7. The van der Waals surface area contributed by atoms with Crippen LogP contribution in [0.3, 0.4) is 0 Å². The van der Waals surface area contributed by atoms with Crippen molar-refractivity contribution in [1.82, 2.24) is 4.98 Å². The van der Waals surface area contributed by atoms with Crippen LogP contribution >= 0.6 is 0 Å². The van der Waals surface area contributed by atoms with E-state index in [0.717, 1.165) is 48.2 Å². The fraction of sp³-hybridized carbons (Fsp3) is 0.412. The first-order chi connectivity index (χ1) is 10.2. The van der Waals surface area contributed by atoms with Gasteiger partial charge in [0.25, 0.3) is 0 Å². The van der Waals surface area contributed by atoms with E-state index in [1.807, 2.05) is 38.1 Å². The summed E-state index contributed by atoms with van der Waals surface area (Å²) < 4.78 is 5.25. The minimum atomic E-state index is -0.268. The molecule has 0 N–H and O–H groups in total. The Bertz CT molecular complexity index is 676. The smallest absolute Gasteiger partial charge is 0.342 e. The molecule has 0 amide bonds. The van der Waals surface area contributed by atoms with Crippen LogP contribution in [0.2, 0.25) is 0 Å². The van der Waals surface area contributed by atoms with Gasteiger partial charge < -0.3 is 9.64 Å². The second-order valence-corrected chi connectivity index (χ2v) is 5.35. The third-order valence-electron chi connectivity index (χ3n) is 3.95. The van der Waals surface area contributed by atoms with E-state index < -0.39 is 0 Å². The molecule has 4 nitrogen and oxygen atoms in total. The summed E-state index contributed by atoms with van der Waals surface area (Å²) in [4.78, 5) is 19.3. The zero-order valence-electron chi connectivity index (χ0n) is 12.6. The topological polar surface area (TPSA) is 42.4 Å². The van der Waals surface area contributed by atoms with Gasteiger partial charge in [-0.15, -0.1) is 0 Å². The molecule has 0 radical (unpaired) electrons. The molecule has 1 aliphatic heterocycles. The number of carbonyl (C=O) groups excluding carboxylic acids is 1. The van der Waals surface area contributed by atoms with Crippen LogP contribution in [0.1, 0.15) is 35.8 Å². The molecule has 110 valence electrons. The number of aryl methyl sites for hydroxylation is 1. The molecule has 3 rings (SSSR count). The van der Waals surface area contributed by atoms with Crippen molar-refractivity contribution < 1.29 is 9.53 Å². The molecule has 2 heterocycles. The van der Waals surface area contributed by atoms with Crippen molar-refractivity contribution in [2.45, 2.75) is 26.7 Å². The first-order valence-electron chi connectivity index (χ1n) is 7.53. The highest BCUT2D eigenvalue weighted by Gasteiger charge is 2.25. The van der Waals surface area contributed by atoms with Crippen molar-refractivity contribution in [3.8, 4) is 0 Å². The van der Waals surface area contributed by atoms with Gasteiger partial charge in [-0.3, -0.25) is 4.98 Å². The number of nitrogens with zero attached hydrogens (tertiary/aromatic N) is 2. The molecule has 0 saturated carbocycles. The molecule has 2 aromatic rings. The zero-order chi connectivity index (χ0) is 14.8. The van der Waals surface area contributed by atoms with Gasteiger partial charge in [-0.2, -0.15) is 0 Å². The molecular weight excluding hydrogens is 264 g/mol. The fourth-order valence-electron chi connectivity index (χ4n) is 3.03. The highest BCUT2D eigenvalue weighted by Crippen LogP contribution is 2.34. The van der Waals surface area contributed by atoms with Gasteiger partial charge in [0.15, 0.2) is 0 Å². The van der Waals surface area contributed by atoms with Crippen molar-refractivity contribution in [2.24, 2.45) is 0 Å². The van der Waals surface area contributed by atoms with Crippen molar-refractivity contribution in [3.05, 3.63) is 35.5 Å². The number of esters is 1. The van der Waals surface area contributed by atoms with Crippen molar-refractivity contribution in [2.75, 3.05) is 24.6 Å². The van der Waals surface area contributed by atoms with Crippen molar-refractivity contribution >= 4 is 22.6 Å². The maximum atomic E-state index is 12.4. The van der Waals surface area contributed by atoms with Crippen LogP contribution in [-0.4, -0.2) is 30.6 Å². The maximum Gasteiger partial charge on any atom is 0.342 e. The number of rotatable bonds is 3. The van der Waals surface area contributed by atoms with Crippen LogP contribution in [0.15, 0.2) is 24.3 Å². The SMILES string of the molecule is CCOC(=O)c1c(C)nc2ccccc2c1N1CCCC1. The number of hydrogen-bond acceptors (Lipinski definition) is 4. The van der Waals surface area contributed by atoms with E-state index in [2.05, 4.69) is 9.88 Å². The summed E-state index contributed by atoms with van der Waals surface area (Å²) in [6.45, 7) is 6.07. The van der Waals surface area contributed by atoms with E-state index >= 15 is 0 Å². The zero-order valence-corrected chi connectivity index (χ0v) is 12.6. The highest BCUT2D eigenvalue weighted by molar-refractivity contribution is 6.06. The standard InChI is InChI=1S/C17H20N2O2/c1-3-21-17(20)15-12(2)18-14-9-5-4-8-13(14)16(15)19-10-6-7-11-19/h4-5,8-9H,3,6-7,10-11H2,1-2H3. The molecule has 0 bridgehead atoms. The fourth-order valence-corrected chi connectivity index (χ4v) is 3.03. The number of fused-ring (bicyclic) bond motifs is 1. The largest absolute Gasteiger partial charge is 0.462 e. The molecule has 1 aromatic carbocycles. The van der Waals surface area contributed by atoms with Gasteiger partial charge in [0.05, 0.1) is 23.5 Å². The number of aromatic nitrogens is 1. The van der Waals surface area contributed by atoms with E-state index in [4.69, 9.17) is 4.74 Å². The molecular formula is C17H20N2O2. The number of ether oxygens (including phenoxy) is 1. The first kappa shape index (κ1) is 13.9. The van der Waals surface area contributed by atoms with Crippen LogP contribution in [0.4, 0.5) is 5.69 Å². The molecule has 4 heteroatoms. The maximum absolute atomic E-state index is 12.4. The van der Waals surface area contributed by atoms with Crippen LogP contribution in [0.5, 0.6) is 0 Å². The molecule has 0 atom stereocenters. The van der Waals surface area contributed by atoms with Crippen molar-refractivity contribution in [1.29, 1.82) is 0 Å². The summed E-state index contributed by atoms with van der Waals surface area (Å²) in [5, 5.41) is 1.04. The lowest BCUT2D eigenvalue weighted by Crippen LogP contribution is -2.23. The van der Waals surface area contributed by atoms with Crippen molar-refractivity contribution in [3.63, 3.8) is 0 Å². The predicted octanol–water partition coefficient (Wildman–Crippen LogP) is 3.32. The van der Waals surface area contributed by atoms with E-state index in [1.54, 1.807) is 0 Å². The van der Waals surface area contributed by atoms with Gasteiger partial charge in [-0.1, -0.05) is 18.2 Å². The Balaban J connectivity index is 2.25. The number of anilines is 1. The van der Waals surface area contributed by atoms with Gasteiger partial charge in [0.1, 0.15) is 5.56 Å². The van der Waals surface area contributed by atoms with Crippen LogP contribution < -0.4 is 4.90 Å². The summed E-state index contributed by atoms with van der Waals surface area (Å²) in [5.74, 6) is -0.268. The van der Waals surface area contributed by atoms with Gasteiger partial charge in [0, 0.05) is 18.5 Å². The first-order valence-corrected chi connectivity index (χ1v) is 7.53. The average Bonchev–Trinajstić information content (AvgIpc) is 2.99. The van der Waals surface area contributed by atoms with E-state index in [1.165, 1.54) is 0 Å².